The Morgan fingerprint density at radius 1 is 0.980 bits per heavy atom. The molecule has 4 aromatic rings. The second-order valence-electron chi connectivity index (χ2n) is 14.1. The maximum atomic E-state index is 12.4. The highest BCUT2D eigenvalue weighted by molar-refractivity contribution is 5.87. The highest BCUT2D eigenvalue weighted by Gasteiger charge is 2.51. The number of fused-ring (bicyclic) bond motifs is 4. The van der Waals surface area contributed by atoms with Crippen LogP contribution in [-0.4, -0.2) is 75.6 Å². The van der Waals surface area contributed by atoms with Gasteiger partial charge < -0.3 is 40.6 Å². The number of aliphatic hydroxyl groups excluding tert-OH is 1. The molecule has 11 heteroatoms. The number of aliphatic hydroxyl groups is 1. The smallest absolute Gasteiger partial charge is 0.405 e. The molecule has 3 aliphatic heterocycles. The van der Waals surface area contributed by atoms with Gasteiger partial charge in [0.1, 0.15) is 17.0 Å². The normalized spacial score (nSPS) is 20.1. The number of nitrogens with one attached hydrogen (secondary N) is 3. The molecule has 0 radical (unpaired) electrons. The molecule has 0 saturated carbocycles. The van der Waals surface area contributed by atoms with Crippen LogP contribution in [-0.2, 0) is 5.54 Å². The molecule has 272 valence electrons. The van der Waals surface area contributed by atoms with Crippen LogP contribution in [0.3, 0.4) is 0 Å². The number of H-pyrrole nitrogens is 1. The monoisotopic (exact) mass is 697 g/mol. The minimum atomic E-state index is -1.06. The third-order valence-electron chi connectivity index (χ3n) is 10.7. The summed E-state index contributed by atoms with van der Waals surface area (Å²) in [7, 11) is 0. The molecule has 5 heterocycles. The number of ether oxygens (including phenoxy) is 1. The van der Waals surface area contributed by atoms with Crippen LogP contribution in [0.15, 0.2) is 77.7 Å². The molecule has 1 unspecified atom stereocenters. The first-order valence-corrected chi connectivity index (χ1v) is 18.5. The number of nitrogens with zero attached hydrogens (tertiary/aromatic N) is 2. The molecule has 3 aliphatic rings. The van der Waals surface area contributed by atoms with Crippen LogP contribution < -0.4 is 20.9 Å². The fourth-order valence-electron chi connectivity index (χ4n) is 8.16. The summed E-state index contributed by atoms with van der Waals surface area (Å²) in [5.74, 6) is 1.20. The SMILES string of the molecule is O=C(O)NC(c1cccc(OCCCCCCCCCNC[C@H](O)c2ccc(O)c3[nH]c(=O)ccc23)c1)(c1ccccn1)[C@H]1CN2CCC1CC2. The predicted molar refractivity (Wildman–Crippen MR) is 197 cm³/mol. The number of amides is 1. The molecule has 1 amide bonds. The van der Waals surface area contributed by atoms with E-state index in [4.69, 9.17) is 9.72 Å². The Morgan fingerprint density at radius 3 is 2.49 bits per heavy atom. The van der Waals surface area contributed by atoms with Crippen molar-refractivity contribution in [2.75, 3.05) is 39.3 Å². The van der Waals surface area contributed by atoms with Crippen LogP contribution in [0.1, 0.15) is 80.7 Å². The second-order valence-corrected chi connectivity index (χ2v) is 14.1. The topological polar surface area (TPSA) is 160 Å². The quantitative estimate of drug-likeness (QED) is 0.0695. The maximum absolute atomic E-state index is 12.4. The summed E-state index contributed by atoms with van der Waals surface area (Å²) in [6.07, 6.45) is 9.64. The number of piperidine rings is 3. The molecular weight excluding hydrogens is 646 g/mol. The Labute approximate surface area is 299 Å². The lowest BCUT2D eigenvalue weighted by Crippen LogP contribution is -2.61. The molecule has 3 saturated heterocycles. The Kier molecular flexibility index (Phi) is 12.2. The first-order chi connectivity index (χ1) is 24.8. The van der Waals surface area contributed by atoms with Gasteiger partial charge in [-0.3, -0.25) is 9.78 Å². The molecule has 0 spiro atoms. The fraction of sp³-hybridized carbons (Fsp3) is 0.475. The average molecular weight is 698 g/mol. The molecule has 3 fully saturated rings. The molecule has 11 nitrogen and oxygen atoms in total. The molecule has 7 rings (SSSR count). The minimum Gasteiger partial charge on any atom is -0.506 e. The number of unbranched alkanes of at least 4 members (excludes halogenated alkanes) is 6. The number of pyridine rings is 2. The summed E-state index contributed by atoms with van der Waals surface area (Å²) >= 11 is 0. The van der Waals surface area contributed by atoms with Crippen molar-refractivity contribution in [1.82, 2.24) is 25.5 Å². The lowest BCUT2D eigenvalue weighted by atomic mass is 9.64. The number of aromatic hydroxyl groups is 1. The molecule has 2 aromatic carbocycles. The number of phenols is 1. The summed E-state index contributed by atoms with van der Waals surface area (Å²) < 4.78 is 6.23. The van der Waals surface area contributed by atoms with Gasteiger partial charge in [0, 0.05) is 36.7 Å². The van der Waals surface area contributed by atoms with Crippen molar-refractivity contribution >= 4 is 17.0 Å². The Balaban J connectivity index is 0.923. The summed E-state index contributed by atoms with van der Waals surface area (Å²) in [5.41, 5.74) is 1.33. The molecule has 2 bridgehead atoms. The first-order valence-electron chi connectivity index (χ1n) is 18.5. The van der Waals surface area contributed by atoms with E-state index in [2.05, 4.69) is 20.5 Å². The highest BCUT2D eigenvalue weighted by Crippen LogP contribution is 2.47. The third-order valence-corrected chi connectivity index (χ3v) is 10.7. The van der Waals surface area contributed by atoms with E-state index >= 15 is 0 Å². The van der Waals surface area contributed by atoms with Crippen molar-refractivity contribution < 1.29 is 24.9 Å². The van der Waals surface area contributed by atoms with Crippen molar-refractivity contribution in [3.63, 3.8) is 0 Å². The number of aromatic amines is 1. The number of hydrogen-bond acceptors (Lipinski definition) is 8. The van der Waals surface area contributed by atoms with Crippen molar-refractivity contribution in [1.29, 1.82) is 0 Å². The van der Waals surface area contributed by atoms with Crippen molar-refractivity contribution in [3.05, 3.63) is 100 Å². The third kappa shape index (κ3) is 8.72. The number of phenolic OH excluding ortho intramolecular Hbond substituents is 1. The van der Waals surface area contributed by atoms with E-state index in [1.165, 1.54) is 12.1 Å². The van der Waals surface area contributed by atoms with E-state index in [9.17, 15) is 24.9 Å². The number of benzene rings is 2. The molecule has 51 heavy (non-hydrogen) atoms. The fourth-order valence-corrected chi connectivity index (χ4v) is 8.16. The zero-order chi connectivity index (χ0) is 35.6. The molecule has 3 atom stereocenters. The van der Waals surface area contributed by atoms with Crippen LogP contribution >= 0.6 is 0 Å². The van der Waals surface area contributed by atoms with Gasteiger partial charge in [0.25, 0.3) is 0 Å². The van der Waals surface area contributed by atoms with Gasteiger partial charge in [-0.25, -0.2) is 4.79 Å². The van der Waals surface area contributed by atoms with Gasteiger partial charge in [-0.05, 0) is 98.8 Å². The lowest BCUT2D eigenvalue weighted by Gasteiger charge is -2.52. The standard InChI is InChI=1S/C40H51N5O6/c46-34-16-14-31(32-15-17-37(48)43-38(32)34)35(47)26-41-20-7-4-2-1-3-5-9-24-51-30-12-10-11-29(25-30)40(44-39(49)50,36-13-6-8-21-42-36)33-27-45-22-18-28(33)19-23-45/h6,8,10-17,21,25,28,33,35,41,44,46-47H,1-5,7,9,18-20,22-24,26-27H2,(H,43,48)(H,49,50)/t33-,35-,40?/m0/s1. The number of carboxylic acid groups (broad SMARTS) is 1. The Hall–Kier alpha value is -4.45. The minimum absolute atomic E-state index is 0.0145. The zero-order valence-electron chi connectivity index (χ0n) is 29.2. The van der Waals surface area contributed by atoms with E-state index in [0.717, 1.165) is 101 Å². The summed E-state index contributed by atoms with van der Waals surface area (Å²) in [5, 5.41) is 37.9. The predicted octanol–water partition coefficient (Wildman–Crippen LogP) is 5.91. The molecule has 0 aliphatic carbocycles. The van der Waals surface area contributed by atoms with Crippen molar-refractivity contribution in [2.45, 2.75) is 69.4 Å². The van der Waals surface area contributed by atoms with Crippen LogP contribution in [0.5, 0.6) is 11.5 Å². The van der Waals surface area contributed by atoms with Gasteiger partial charge >= 0.3 is 6.09 Å². The van der Waals surface area contributed by atoms with Gasteiger partial charge in [-0.1, -0.05) is 56.4 Å². The highest BCUT2D eigenvalue weighted by atomic mass is 16.5. The second kappa shape index (κ2) is 17.2. The van der Waals surface area contributed by atoms with Gasteiger partial charge in [0.05, 0.1) is 23.9 Å². The largest absolute Gasteiger partial charge is 0.506 e. The number of hydrogen-bond donors (Lipinski definition) is 6. The van der Waals surface area contributed by atoms with Crippen LogP contribution in [0, 0.1) is 11.8 Å². The van der Waals surface area contributed by atoms with E-state index in [0.29, 0.717) is 35.5 Å². The summed E-state index contributed by atoms with van der Waals surface area (Å²) in [6, 6.07) is 19.9. The summed E-state index contributed by atoms with van der Waals surface area (Å²) in [4.78, 5) is 33.8. The first kappa shape index (κ1) is 36.3. The molecule has 2 aromatic heterocycles. The van der Waals surface area contributed by atoms with Crippen LogP contribution in [0.4, 0.5) is 4.79 Å². The Bertz CT molecular complexity index is 1790. The van der Waals surface area contributed by atoms with Gasteiger partial charge in [0.15, 0.2) is 0 Å². The maximum Gasteiger partial charge on any atom is 0.405 e. The zero-order valence-corrected chi connectivity index (χ0v) is 29.2. The van der Waals surface area contributed by atoms with Gasteiger partial charge in [-0.2, -0.15) is 0 Å². The lowest BCUT2D eigenvalue weighted by molar-refractivity contribution is 0.00595. The van der Waals surface area contributed by atoms with Gasteiger partial charge in [-0.15, -0.1) is 0 Å². The summed E-state index contributed by atoms with van der Waals surface area (Å²) in [6.45, 7) is 4.75. The Morgan fingerprint density at radius 2 is 1.76 bits per heavy atom. The van der Waals surface area contributed by atoms with E-state index in [1.54, 1.807) is 18.3 Å². The van der Waals surface area contributed by atoms with Crippen molar-refractivity contribution in [2.24, 2.45) is 11.8 Å². The number of aromatic nitrogens is 2. The van der Waals surface area contributed by atoms with Crippen LogP contribution in [0.2, 0.25) is 0 Å². The van der Waals surface area contributed by atoms with Crippen molar-refractivity contribution in [3.8, 4) is 11.5 Å². The number of rotatable bonds is 18. The van der Waals surface area contributed by atoms with E-state index in [1.807, 2.05) is 42.5 Å². The van der Waals surface area contributed by atoms with Crippen LogP contribution in [0.25, 0.3) is 10.9 Å². The van der Waals surface area contributed by atoms with E-state index in [-0.39, 0.29) is 17.2 Å². The average Bonchev–Trinajstić information content (AvgIpc) is 3.15. The molecule has 6 N–H and O–H groups in total. The van der Waals surface area contributed by atoms with E-state index < -0.39 is 17.7 Å². The van der Waals surface area contributed by atoms with Gasteiger partial charge in [0.2, 0.25) is 5.56 Å². The number of carbonyl (C=O) groups is 1. The molecular formula is C40H51N5O6.